The van der Waals surface area contributed by atoms with Crippen molar-refractivity contribution in [1.29, 1.82) is 0 Å². The van der Waals surface area contributed by atoms with E-state index in [2.05, 4.69) is 69.1 Å². The molecule has 0 amide bonds. The maximum Gasteiger partial charge on any atom is 0.0644 e. The Bertz CT molecular complexity index is 956. The molecule has 5 nitrogen and oxygen atoms in total. The van der Waals surface area contributed by atoms with Crippen LogP contribution in [-0.2, 0) is 11.2 Å². The van der Waals surface area contributed by atoms with Crippen molar-refractivity contribution in [3.8, 4) is 0 Å². The molecule has 2 aromatic rings. The van der Waals surface area contributed by atoms with Gasteiger partial charge in [-0.1, -0.05) is 30.3 Å². The summed E-state index contributed by atoms with van der Waals surface area (Å²) < 4.78 is 5.56. The highest BCUT2D eigenvalue weighted by Gasteiger charge is 2.44. The molecule has 0 radical (unpaired) electrons. The molecular weight excluding hydrogens is 396 g/mol. The molecule has 0 unspecified atom stereocenters. The van der Waals surface area contributed by atoms with Crippen LogP contribution in [0.2, 0.25) is 0 Å². The van der Waals surface area contributed by atoms with Gasteiger partial charge in [-0.2, -0.15) is 0 Å². The molecule has 5 heteroatoms. The predicted octanol–water partition coefficient (Wildman–Crippen LogP) is 3.58. The van der Waals surface area contributed by atoms with E-state index in [0.717, 1.165) is 39.3 Å². The average Bonchev–Trinajstić information content (AvgIpc) is 3.16. The number of morpholine rings is 1. The van der Waals surface area contributed by atoms with Crippen LogP contribution in [0.25, 0.3) is 0 Å². The third-order valence-electron chi connectivity index (χ3n) is 8.14. The number of piperidine rings is 1. The fourth-order valence-corrected chi connectivity index (χ4v) is 6.51. The number of rotatable bonds is 5. The van der Waals surface area contributed by atoms with Crippen molar-refractivity contribution >= 4 is 17.1 Å². The van der Waals surface area contributed by atoms with Gasteiger partial charge >= 0.3 is 0 Å². The first kappa shape index (κ1) is 20.4. The van der Waals surface area contributed by atoms with Crippen LogP contribution in [0.3, 0.4) is 0 Å². The molecule has 6 rings (SSSR count). The second kappa shape index (κ2) is 8.60. The van der Waals surface area contributed by atoms with Crippen LogP contribution in [0, 0.1) is 0 Å². The Balaban J connectivity index is 1.11. The maximum atomic E-state index is 5.56. The van der Waals surface area contributed by atoms with Crippen LogP contribution < -0.4 is 14.7 Å². The van der Waals surface area contributed by atoms with Crippen LogP contribution in [0.1, 0.15) is 29.9 Å². The van der Waals surface area contributed by atoms with Crippen molar-refractivity contribution in [2.45, 2.75) is 31.2 Å². The third kappa shape index (κ3) is 3.56. The Morgan fingerprint density at radius 1 is 0.906 bits per heavy atom. The van der Waals surface area contributed by atoms with Gasteiger partial charge in [-0.25, -0.2) is 0 Å². The van der Waals surface area contributed by atoms with Crippen molar-refractivity contribution in [1.82, 2.24) is 4.90 Å². The van der Waals surface area contributed by atoms with E-state index >= 15 is 0 Å². The van der Waals surface area contributed by atoms with Gasteiger partial charge in [0, 0.05) is 64.0 Å². The minimum absolute atomic E-state index is 0.672. The van der Waals surface area contributed by atoms with E-state index in [-0.39, 0.29) is 0 Å². The van der Waals surface area contributed by atoms with Crippen molar-refractivity contribution < 1.29 is 4.74 Å². The monoisotopic (exact) mass is 432 g/mol. The fraction of sp³-hybridized carbons (Fsp3) is 0.556. The minimum atomic E-state index is 0.672. The lowest BCUT2D eigenvalue weighted by Gasteiger charge is -2.41. The topological polar surface area (TPSA) is 22.2 Å². The molecule has 4 aliphatic rings. The molecule has 0 aromatic heterocycles. The Morgan fingerprint density at radius 2 is 1.75 bits per heavy atom. The first-order valence-corrected chi connectivity index (χ1v) is 12.5. The number of para-hydroxylation sites is 2. The summed E-state index contributed by atoms with van der Waals surface area (Å²) in [5.74, 6) is 0.672. The highest BCUT2D eigenvalue weighted by Crippen LogP contribution is 2.50. The van der Waals surface area contributed by atoms with Crippen LogP contribution in [-0.4, -0.2) is 77.0 Å². The molecule has 2 fully saturated rings. The number of nitrogens with zero attached hydrogens (tertiary/aromatic N) is 4. The number of ether oxygens (including phenoxy) is 1. The standard InChI is InChI=1S/C27H36N4O/c1-28-14-15-31-25-11-13-29(20-23(25)22-8-4-10-26(28)27(22)31)12-5-7-21-6-2-3-9-24(21)30-16-18-32-19-17-30/h2-4,6,8-10,23,25H,5,7,11-20H2,1H3/t23-,25-/m0/s1. The molecule has 2 saturated heterocycles. The van der Waals surface area contributed by atoms with Gasteiger partial charge in [0.1, 0.15) is 0 Å². The second-order valence-corrected chi connectivity index (χ2v) is 9.92. The van der Waals surface area contributed by atoms with Gasteiger partial charge in [0.2, 0.25) is 0 Å². The SMILES string of the molecule is CN1CCN2c3c(cccc31)[C@@H]1CN(CCCc3ccccc3N3CCOCC3)CC[C@@H]12. The van der Waals surface area contributed by atoms with Gasteiger partial charge in [-0.05, 0) is 49.1 Å². The zero-order chi connectivity index (χ0) is 21.5. The molecule has 4 aliphatic heterocycles. The van der Waals surface area contributed by atoms with Crippen LogP contribution >= 0.6 is 0 Å². The Hall–Kier alpha value is -2.24. The molecule has 0 saturated carbocycles. The van der Waals surface area contributed by atoms with E-state index in [9.17, 15) is 0 Å². The smallest absolute Gasteiger partial charge is 0.0644 e. The quantitative estimate of drug-likeness (QED) is 0.718. The summed E-state index contributed by atoms with van der Waals surface area (Å²) >= 11 is 0. The summed E-state index contributed by atoms with van der Waals surface area (Å²) in [6, 6.07) is 16.7. The third-order valence-corrected chi connectivity index (χ3v) is 8.14. The van der Waals surface area contributed by atoms with Gasteiger partial charge < -0.3 is 24.3 Å². The molecule has 0 aliphatic carbocycles. The first-order chi connectivity index (χ1) is 15.8. The van der Waals surface area contributed by atoms with E-state index in [4.69, 9.17) is 4.74 Å². The number of hydrogen-bond donors (Lipinski definition) is 0. The van der Waals surface area contributed by atoms with E-state index in [1.165, 1.54) is 61.6 Å². The van der Waals surface area contributed by atoms with E-state index < -0.39 is 0 Å². The van der Waals surface area contributed by atoms with Crippen molar-refractivity contribution in [2.75, 3.05) is 80.8 Å². The Morgan fingerprint density at radius 3 is 2.66 bits per heavy atom. The van der Waals surface area contributed by atoms with Gasteiger partial charge in [0.15, 0.2) is 0 Å². The maximum absolute atomic E-state index is 5.56. The molecule has 0 N–H and O–H groups in total. The molecule has 2 atom stereocenters. The summed E-state index contributed by atoms with van der Waals surface area (Å²) in [6.07, 6.45) is 3.70. The van der Waals surface area contributed by atoms with Gasteiger partial charge in [-0.3, -0.25) is 0 Å². The number of hydrogen-bond acceptors (Lipinski definition) is 5. The van der Waals surface area contributed by atoms with Gasteiger partial charge in [0.25, 0.3) is 0 Å². The average molecular weight is 433 g/mol. The molecule has 2 aromatic carbocycles. The lowest BCUT2D eigenvalue weighted by Crippen LogP contribution is -2.49. The summed E-state index contributed by atoms with van der Waals surface area (Å²) in [6.45, 7) is 9.70. The second-order valence-electron chi connectivity index (χ2n) is 9.92. The Labute approximate surface area is 192 Å². The zero-order valence-corrected chi connectivity index (χ0v) is 19.4. The van der Waals surface area contributed by atoms with Crippen molar-refractivity contribution in [2.24, 2.45) is 0 Å². The van der Waals surface area contributed by atoms with E-state index in [1.807, 2.05) is 0 Å². The van der Waals surface area contributed by atoms with Crippen molar-refractivity contribution in [3.63, 3.8) is 0 Å². The van der Waals surface area contributed by atoms with Crippen LogP contribution in [0.4, 0.5) is 17.1 Å². The largest absolute Gasteiger partial charge is 0.378 e. The number of aryl methyl sites for hydroxylation is 1. The predicted molar refractivity (Wildman–Crippen MR) is 132 cm³/mol. The summed E-state index contributed by atoms with van der Waals surface area (Å²) in [4.78, 5) is 10.4. The van der Waals surface area contributed by atoms with Gasteiger partial charge in [-0.15, -0.1) is 0 Å². The molecule has 0 spiro atoms. The van der Waals surface area contributed by atoms with Gasteiger partial charge in [0.05, 0.1) is 24.6 Å². The van der Waals surface area contributed by atoms with Crippen molar-refractivity contribution in [3.05, 3.63) is 53.6 Å². The molecule has 0 bridgehead atoms. The number of likely N-dealkylation sites (N-methyl/N-ethyl adjacent to an activating group) is 1. The molecule has 170 valence electrons. The van der Waals surface area contributed by atoms with Crippen LogP contribution in [0.15, 0.2) is 42.5 Å². The lowest BCUT2D eigenvalue weighted by molar-refractivity contribution is 0.122. The fourth-order valence-electron chi connectivity index (χ4n) is 6.51. The van der Waals surface area contributed by atoms with Crippen LogP contribution in [0.5, 0.6) is 0 Å². The lowest BCUT2D eigenvalue weighted by atomic mass is 9.89. The van der Waals surface area contributed by atoms with E-state index in [1.54, 1.807) is 5.56 Å². The highest BCUT2D eigenvalue weighted by atomic mass is 16.5. The minimum Gasteiger partial charge on any atom is -0.378 e. The summed E-state index contributed by atoms with van der Waals surface area (Å²) in [7, 11) is 2.25. The number of fused-ring (bicyclic) bond motifs is 3. The summed E-state index contributed by atoms with van der Waals surface area (Å²) in [5.41, 5.74) is 7.50. The number of benzene rings is 2. The molecule has 4 heterocycles. The molecular formula is C27H36N4O. The van der Waals surface area contributed by atoms with E-state index in [0.29, 0.717) is 12.0 Å². The number of likely N-dealkylation sites (tertiary alicyclic amines) is 1. The Kier molecular flexibility index (Phi) is 5.48. The first-order valence-electron chi connectivity index (χ1n) is 12.5. The number of anilines is 3. The summed E-state index contributed by atoms with van der Waals surface area (Å²) in [5, 5.41) is 0. The molecule has 32 heavy (non-hydrogen) atoms. The zero-order valence-electron chi connectivity index (χ0n) is 19.4. The normalized spacial score (nSPS) is 25.1. The highest BCUT2D eigenvalue weighted by molar-refractivity contribution is 5.80.